The Morgan fingerprint density at radius 2 is 1.83 bits per heavy atom. The second kappa shape index (κ2) is 6.91. The number of hydrogen-bond acceptors (Lipinski definition) is 2. The van der Waals surface area contributed by atoms with Crippen LogP contribution in [0.1, 0.15) is 50.7 Å². The zero-order chi connectivity index (χ0) is 12.8. The van der Waals surface area contributed by atoms with Crippen molar-refractivity contribution in [2.75, 3.05) is 6.54 Å². The molecule has 1 aliphatic carbocycles. The van der Waals surface area contributed by atoms with Crippen LogP contribution in [0.25, 0.3) is 0 Å². The molecular weight excluding hydrogens is 222 g/mol. The van der Waals surface area contributed by atoms with E-state index in [-0.39, 0.29) is 6.04 Å². The van der Waals surface area contributed by atoms with Gasteiger partial charge in [-0.1, -0.05) is 49.6 Å². The molecule has 2 atom stereocenters. The van der Waals surface area contributed by atoms with E-state index in [2.05, 4.69) is 12.2 Å². The monoisotopic (exact) mass is 247 g/mol. The Hall–Kier alpha value is -0.860. The highest BCUT2D eigenvalue weighted by atomic mass is 16.3. The molecule has 2 heteroatoms. The maximum absolute atomic E-state index is 10.3. The molecule has 0 aromatic heterocycles. The molecule has 0 radical (unpaired) electrons. The van der Waals surface area contributed by atoms with Crippen LogP contribution in [0.15, 0.2) is 30.3 Å². The van der Waals surface area contributed by atoms with Gasteiger partial charge in [-0.05, 0) is 37.8 Å². The molecule has 2 N–H and O–H groups in total. The number of rotatable bonds is 5. The van der Waals surface area contributed by atoms with Gasteiger partial charge in [0.1, 0.15) is 0 Å². The van der Waals surface area contributed by atoms with Crippen molar-refractivity contribution in [1.29, 1.82) is 0 Å². The molecule has 0 spiro atoms. The maximum atomic E-state index is 10.3. The Labute approximate surface area is 110 Å². The van der Waals surface area contributed by atoms with Crippen LogP contribution >= 0.6 is 0 Å². The summed E-state index contributed by atoms with van der Waals surface area (Å²) in [4.78, 5) is 0. The largest absolute Gasteiger partial charge is 0.387 e. The lowest BCUT2D eigenvalue weighted by Gasteiger charge is -2.26. The molecule has 100 valence electrons. The normalized spacial score (nSPS) is 20.6. The number of benzene rings is 1. The molecule has 2 nitrogen and oxygen atoms in total. The van der Waals surface area contributed by atoms with Gasteiger partial charge >= 0.3 is 0 Å². The highest BCUT2D eigenvalue weighted by molar-refractivity contribution is 5.18. The van der Waals surface area contributed by atoms with Crippen LogP contribution in [0.5, 0.6) is 0 Å². The van der Waals surface area contributed by atoms with Crippen molar-refractivity contribution in [3.63, 3.8) is 0 Å². The van der Waals surface area contributed by atoms with Gasteiger partial charge in [0.15, 0.2) is 0 Å². The van der Waals surface area contributed by atoms with Crippen molar-refractivity contribution in [3.05, 3.63) is 35.9 Å². The van der Waals surface area contributed by atoms with Crippen molar-refractivity contribution in [3.8, 4) is 0 Å². The van der Waals surface area contributed by atoms with Crippen molar-refractivity contribution in [2.24, 2.45) is 5.92 Å². The average Bonchev–Trinajstić information content (AvgIpc) is 2.46. The predicted octanol–water partition coefficient (Wildman–Crippen LogP) is 3.28. The third kappa shape index (κ3) is 3.82. The first-order valence-electron chi connectivity index (χ1n) is 7.24. The first-order chi connectivity index (χ1) is 8.77. The minimum atomic E-state index is -0.408. The minimum absolute atomic E-state index is 0.120. The summed E-state index contributed by atoms with van der Waals surface area (Å²) in [5, 5.41) is 13.8. The first kappa shape index (κ1) is 13.6. The zero-order valence-corrected chi connectivity index (χ0v) is 11.3. The SMILES string of the molecule is CC(NCC1CCCCC1)C(O)c1ccccc1. The predicted molar refractivity (Wildman–Crippen MR) is 75.4 cm³/mol. The fraction of sp³-hybridized carbons (Fsp3) is 0.625. The van der Waals surface area contributed by atoms with Crippen LogP contribution in [0.3, 0.4) is 0 Å². The summed E-state index contributed by atoms with van der Waals surface area (Å²) in [6, 6.07) is 10.0. The Bertz CT molecular complexity index is 332. The van der Waals surface area contributed by atoms with Crippen molar-refractivity contribution >= 4 is 0 Å². The van der Waals surface area contributed by atoms with Crippen molar-refractivity contribution in [2.45, 2.75) is 51.2 Å². The molecule has 1 saturated carbocycles. The van der Waals surface area contributed by atoms with Crippen LogP contribution in [0.4, 0.5) is 0 Å². The number of hydrogen-bond donors (Lipinski definition) is 2. The summed E-state index contributed by atoms with van der Waals surface area (Å²) < 4.78 is 0. The zero-order valence-electron chi connectivity index (χ0n) is 11.3. The van der Waals surface area contributed by atoms with Gasteiger partial charge < -0.3 is 10.4 Å². The van der Waals surface area contributed by atoms with E-state index in [1.54, 1.807) is 0 Å². The van der Waals surface area contributed by atoms with E-state index in [1.807, 2.05) is 30.3 Å². The summed E-state index contributed by atoms with van der Waals surface area (Å²) in [6.45, 7) is 3.12. The Morgan fingerprint density at radius 1 is 1.17 bits per heavy atom. The van der Waals surface area contributed by atoms with Crippen LogP contribution in [-0.2, 0) is 0 Å². The van der Waals surface area contributed by atoms with Crippen LogP contribution < -0.4 is 5.32 Å². The summed E-state index contributed by atoms with van der Waals surface area (Å²) in [5.74, 6) is 0.809. The van der Waals surface area contributed by atoms with Crippen LogP contribution in [0, 0.1) is 5.92 Å². The van der Waals surface area contributed by atoms with E-state index in [9.17, 15) is 5.11 Å². The fourth-order valence-corrected chi connectivity index (χ4v) is 2.79. The molecule has 0 amide bonds. The molecule has 0 saturated heterocycles. The van der Waals surface area contributed by atoms with Gasteiger partial charge in [-0.2, -0.15) is 0 Å². The standard InChI is InChI=1S/C16H25NO/c1-13(16(18)15-10-6-3-7-11-15)17-12-14-8-4-2-5-9-14/h3,6-7,10-11,13-14,16-18H,2,4-5,8-9,12H2,1H3. The maximum Gasteiger partial charge on any atom is 0.0940 e. The smallest absolute Gasteiger partial charge is 0.0940 e. The molecule has 1 aromatic rings. The fourth-order valence-electron chi connectivity index (χ4n) is 2.79. The number of nitrogens with one attached hydrogen (secondary N) is 1. The lowest BCUT2D eigenvalue weighted by molar-refractivity contribution is 0.131. The third-order valence-electron chi connectivity index (χ3n) is 4.07. The molecule has 0 heterocycles. The summed E-state index contributed by atoms with van der Waals surface area (Å²) >= 11 is 0. The molecule has 0 aliphatic heterocycles. The van der Waals surface area contributed by atoms with Gasteiger partial charge in [-0.25, -0.2) is 0 Å². The molecule has 1 aliphatic rings. The van der Waals surface area contributed by atoms with Gasteiger partial charge in [-0.3, -0.25) is 0 Å². The average molecular weight is 247 g/mol. The van der Waals surface area contributed by atoms with Crippen molar-refractivity contribution in [1.82, 2.24) is 5.32 Å². The van der Waals surface area contributed by atoms with E-state index in [0.717, 1.165) is 18.0 Å². The van der Waals surface area contributed by atoms with E-state index >= 15 is 0 Å². The van der Waals surface area contributed by atoms with Gasteiger partial charge in [0.25, 0.3) is 0 Å². The summed E-state index contributed by atoms with van der Waals surface area (Å²) in [7, 11) is 0. The third-order valence-corrected chi connectivity index (χ3v) is 4.07. The van der Waals surface area contributed by atoms with E-state index in [1.165, 1.54) is 32.1 Å². The lowest BCUT2D eigenvalue weighted by Crippen LogP contribution is -2.36. The van der Waals surface area contributed by atoms with E-state index in [0.29, 0.717) is 0 Å². The Morgan fingerprint density at radius 3 is 2.50 bits per heavy atom. The molecule has 2 unspecified atom stereocenters. The first-order valence-corrected chi connectivity index (χ1v) is 7.24. The number of aliphatic hydroxyl groups is 1. The summed E-state index contributed by atoms with van der Waals surface area (Å²) in [5.41, 5.74) is 1.00. The molecule has 1 aromatic carbocycles. The van der Waals surface area contributed by atoms with Gasteiger partial charge in [0.05, 0.1) is 6.10 Å². The lowest BCUT2D eigenvalue weighted by atomic mass is 9.89. The van der Waals surface area contributed by atoms with Crippen LogP contribution in [0.2, 0.25) is 0 Å². The number of aliphatic hydroxyl groups excluding tert-OH is 1. The molecule has 18 heavy (non-hydrogen) atoms. The molecular formula is C16H25NO. The van der Waals surface area contributed by atoms with Gasteiger partial charge in [-0.15, -0.1) is 0 Å². The molecule has 1 fully saturated rings. The second-order valence-electron chi connectivity index (χ2n) is 5.56. The molecule has 0 bridgehead atoms. The summed E-state index contributed by atoms with van der Waals surface area (Å²) in [6.07, 6.45) is 6.44. The van der Waals surface area contributed by atoms with Crippen LogP contribution in [-0.4, -0.2) is 17.7 Å². The quantitative estimate of drug-likeness (QED) is 0.837. The minimum Gasteiger partial charge on any atom is -0.387 e. The topological polar surface area (TPSA) is 32.3 Å². The Kier molecular flexibility index (Phi) is 5.21. The van der Waals surface area contributed by atoms with E-state index < -0.39 is 6.10 Å². The van der Waals surface area contributed by atoms with E-state index in [4.69, 9.17) is 0 Å². The van der Waals surface area contributed by atoms with Gasteiger partial charge in [0.2, 0.25) is 0 Å². The molecule has 2 rings (SSSR count). The van der Waals surface area contributed by atoms with Gasteiger partial charge in [0, 0.05) is 6.04 Å². The highest BCUT2D eigenvalue weighted by Gasteiger charge is 2.18. The van der Waals surface area contributed by atoms with Crippen molar-refractivity contribution < 1.29 is 5.11 Å². The second-order valence-corrected chi connectivity index (χ2v) is 5.56. The highest BCUT2D eigenvalue weighted by Crippen LogP contribution is 2.23. The Balaban J connectivity index is 1.78.